The third-order valence-corrected chi connectivity index (χ3v) is 3.33. The van der Waals surface area contributed by atoms with Gasteiger partial charge in [0.25, 0.3) is 5.56 Å². The van der Waals surface area contributed by atoms with Crippen LogP contribution >= 0.6 is 0 Å². The molecule has 1 heterocycles. The minimum atomic E-state index is -0.467. The molecule has 21 heavy (non-hydrogen) atoms. The molecule has 1 aromatic carbocycles. The van der Waals surface area contributed by atoms with Gasteiger partial charge in [-0.2, -0.15) is 0 Å². The van der Waals surface area contributed by atoms with E-state index in [9.17, 15) is 9.59 Å². The van der Waals surface area contributed by atoms with Gasteiger partial charge in [0, 0.05) is 18.0 Å². The minimum Gasteiger partial charge on any atom is -0.459 e. The number of carbonyl (C=O) groups is 1. The summed E-state index contributed by atoms with van der Waals surface area (Å²) in [7, 11) is 0. The van der Waals surface area contributed by atoms with Crippen LogP contribution in [-0.4, -0.2) is 10.5 Å². The summed E-state index contributed by atoms with van der Waals surface area (Å²) in [4.78, 5) is 23.4. The van der Waals surface area contributed by atoms with Gasteiger partial charge >= 0.3 is 5.97 Å². The number of rotatable bonds is 4. The maximum absolute atomic E-state index is 11.8. The Bertz CT molecular complexity index is 699. The highest BCUT2D eigenvalue weighted by Crippen LogP contribution is 2.14. The number of hydrogen-bond acceptors (Lipinski definition) is 4. The molecule has 0 fully saturated rings. The number of benzene rings is 1. The standard InChI is InChI=1S/C16H18N2O3/c1-11-4-3-5-12(2)14(11)10-21-16(20)9-18-8-13(17)6-7-15(18)19/h3-8H,9-10,17H2,1-2H3. The lowest BCUT2D eigenvalue weighted by Gasteiger charge is -2.11. The van der Waals surface area contributed by atoms with Gasteiger partial charge in [-0.3, -0.25) is 9.59 Å². The van der Waals surface area contributed by atoms with Crippen molar-refractivity contribution in [2.75, 3.05) is 5.73 Å². The lowest BCUT2D eigenvalue weighted by Crippen LogP contribution is -2.24. The average Bonchev–Trinajstić information content (AvgIpc) is 2.42. The van der Waals surface area contributed by atoms with E-state index in [0.29, 0.717) is 5.69 Å². The quantitative estimate of drug-likeness (QED) is 0.870. The van der Waals surface area contributed by atoms with Gasteiger partial charge in [0.1, 0.15) is 13.2 Å². The monoisotopic (exact) mass is 286 g/mol. The van der Waals surface area contributed by atoms with Crippen molar-refractivity contribution in [2.45, 2.75) is 27.0 Å². The molecule has 5 nitrogen and oxygen atoms in total. The second-order valence-corrected chi connectivity index (χ2v) is 4.96. The fourth-order valence-corrected chi connectivity index (χ4v) is 2.09. The normalized spacial score (nSPS) is 10.4. The predicted octanol–water partition coefficient (Wildman–Crippen LogP) is 1.79. The summed E-state index contributed by atoms with van der Waals surface area (Å²) >= 11 is 0. The summed E-state index contributed by atoms with van der Waals surface area (Å²) < 4.78 is 6.49. The zero-order valence-corrected chi connectivity index (χ0v) is 12.1. The highest BCUT2D eigenvalue weighted by Gasteiger charge is 2.09. The lowest BCUT2D eigenvalue weighted by molar-refractivity contribution is -0.145. The van der Waals surface area contributed by atoms with Gasteiger partial charge < -0.3 is 15.0 Å². The van der Waals surface area contributed by atoms with E-state index in [-0.39, 0.29) is 18.7 Å². The number of anilines is 1. The van der Waals surface area contributed by atoms with Crippen LogP contribution in [0.2, 0.25) is 0 Å². The summed E-state index contributed by atoms with van der Waals surface area (Å²) in [6, 6.07) is 8.73. The maximum Gasteiger partial charge on any atom is 0.326 e. The van der Waals surface area contributed by atoms with Gasteiger partial charge in [0.05, 0.1) is 0 Å². The summed E-state index contributed by atoms with van der Waals surface area (Å²) in [6.07, 6.45) is 1.43. The molecule has 5 heteroatoms. The van der Waals surface area contributed by atoms with E-state index >= 15 is 0 Å². The average molecular weight is 286 g/mol. The van der Waals surface area contributed by atoms with Crippen LogP contribution in [0.5, 0.6) is 0 Å². The van der Waals surface area contributed by atoms with E-state index in [1.54, 1.807) is 0 Å². The fourth-order valence-electron chi connectivity index (χ4n) is 2.09. The molecule has 0 aliphatic carbocycles. The number of nitrogens with two attached hydrogens (primary N) is 1. The summed E-state index contributed by atoms with van der Waals surface area (Å²) in [5, 5.41) is 0. The first-order valence-electron chi connectivity index (χ1n) is 6.64. The smallest absolute Gasteiger partial charge is 0.326 e. The Balaban J connectivity index is 2.03. The first-order chi connectivity index (χ1) is 9.97. The van der Waals surface area contributed by atoms with E-state index in [0.717, 1.165) is 16.7 Å². The Morgan fingerprint density at radius 3 is 2.52 bits per heavy atom. The molecule has 110 valence electrons. The van der Waals surface area contributed by atoms with E-state index < -0.39 is 5.97 Å². The Hall–Kier alpha value is -2.56. The van der Waals surface area contributed by atoms with Crippen molar-refractivity contribution < 1.29 is 9.53 Å². The van der Waals surface area contributed by atoms with E-state index in [1.807, 2.05) is 32.0 Å². The SMILES string of the molecule is Cc1cccc(C)c1COC(=O)Cn1cc(N)ccc1=O. The Morgan fingerprint density at radius 1 is 1.19 bits per heavy atom. The van der Waals surface area contributed by atoms with Gasteiger partial charge in [-0.1, -0.05) is 18.2 Å². The zero-order chi connectivity index (χ0) is 15.4. The molecule has 0 spiro atoms. The molecule has 2 aromatic rings. The fraction of sp³-hybridized carbons (Fsp3) is 0.250. The molecule has 0 unspecified atom stereocenters. The van der Waals surface area contributed by atoms with E-state index in [4.69, 9.17) is 10.5 Å². The molecule has 0 aliphatic rings. The molecule has 0 radical (unpaired) electrons. The predicted molar refractivity (Wildman–Crippen MR) is 80.8 cm³/mol. The molecule has 0 bridgehead atoms. The highest BCUT2D eigenvalue weighted by atomic mass is 16.5. The number of carbonyl (C=O) groups excluding carboxylic acids is 1. The molecule has 0 saturated heterocycles. The molecule has 0 saturated carbocycles. The number of ether oxygens (including phenoxy) is 1. The van der Waals surface area contributed by atoms with Crippen LogP contribution in [0.3, 0.4) is 0 Å². The number of pyridine rings is 1. The summed E-state index contributed by atoms with van der Waals surface area (Å²) in [5.41, 5.74) is 8.88. The Kier molecular flexibility index (Phi) is 4.42. The molecule has 2 rings (SSSR count). The molecule has 1 aromatic heterocycles. The largest absolute Gasteiger partial charge is 0.459 e. The van der Waals surface area contributed by atoms with Gasteiger partial charge in [-0.05, 0) is 36.6 Å². The zero-order valence-electron chi connectivity index (χ0n) is 12.1. The lowest BCUT2D eigenvalue weighted by atomic mass is 10.0. The Morgan fingerprint density at radius 2 is 1.86 bits per heavy atom. The van der Waals surface area contributed by atoms with Gasteiger partial charge in [0.15, 0.2) is 0 Å². The first-order valence-corrected chi connectivity index (χ1v) is 6.64. The minimum absolute atomic E-state index is 0.144. The number of nitrogens with zero attached hydrogens (tertiary/aromatic N) is 1. The number of hydrogen-bond donors (Lipinski definition) is 1. The Labute approximate surface area is 123 Å². The highest BCUT2D eigenvalue weighted by molar-refractivity contribution is 5.69. The second kappa shape index (κ2) is 6.26. The number of aromatic nitrogens is 1. The van der Waals surface area contributed by atoms with Crippen LogP contribution in [0.25, 0.3) is 0 Å². The van der Waals surface area contributed by atoms with Crippen LogP contribution in [0, 0.1) is 13.8 Å². The summed E-state index contributed by atoms with van der Waals surface area (Å²) in [5.74, 6) is -0.467. The van der Waals surface area contributed by atoms with Gasteiger partial charge in [-0.25, -0.2) is 0 Å². The van der Waals surface area contributed by atoms with E-state index in [1.165, 1.54) is 22.9 Å². The van der Waals surface area contributed by atoms with Crippen molar-refractivity contribution in [2.24, 2.45) is 0 Å². The summed E-state index contributed by atoms with van der Waals surface area (Å²) in [6.45, 7) is 4.00. The maximum atomic E-state index is 11.8. The number of nitrogen functional groups attached to an aromatic ring is 1. The topological polar surface area (TPSA) is 74.3 Å². The molecule has 0 amide bonds. The molecule has 0 atom stereocenters. The molecular formula is C16H18N2O3. The van der Waals surface area contributed by atoms with Crippen LogP contribution < -0.4 is 11.3 Å². The van der Waals surface area contributed by atoms with Crippen molar-refractivity contribution in [3.8, 4) is 0 Å². The van der Waals surface area contributed by atoms with Crippen molar-refractivity contribution >= 4 is 11.7 Å². The van der Waals surface area contributed by atoms with E-state index in [2.05, 4.69) is 0 Å². The number of aryl methyl sites for hydroxylation is 2. The molecule has 0 aliphatic heterocycles. The van der Waals surface area contributed by atoms with Crippen molar-refractivity contribution in [1.82, 2.24) is 4.57 Å². The van der Waals surface area contributed by atoms with Crippen molar-refractivity contribution in [3.63, 3.8) is 0 Å². The second-order valence-electron chi connectivity index (χ2n) is 4.96. The van der Waals surface area contributed by atoms with Crippen LogP contribution in [0.15, 0.2) is 41.3 Å². The van der Waals surface area contributed by atoms with Gasteiger partial charge in [-0.15, -0.1) is 0 Å². The third kappa shape index (κ3) is 3.72. The van der Waals surface area contributed by atoms with Gasteiger partial charge in [0.2, 0.25) is 0 Å². The third-order valence-electron chi connectivity index (χ3n) is 3.33. The molecule has 2 N–H and O–H groups in total. The van der Waals surface area contributed by atoms with Crippen LogP contribution in [0.4, 0.5) is 5.69 Å². The van der Waals surface area contributed by atoms with Crippen molar-refractivity contribution in [1.29, 1.82) is 0 Å². The van der Waals surface area contributed by atoms with Crippen molar-refractivity contribution in [3.05, 3.63) is 63.6 Å². The number of esters is 1. The molecular weight excluding hydrogens is 268 g/mol. The van der Waals surface area contributed by atoms with Crippen LogP contribution in [-0.2, 0) is 22.7 Å². The first kappa shape index (κ1) is 14.8. The van der Waals surface area contributed by atoms with Crippen LogP contribution in [0.1, 0.15) is 16.7 Å².